The molecule has 4 heteroatoms. The number of rotatable bonds is 6. The predicted octanol–water partition coefficient (Wildman–Crippen LogP) is 3.74. The van der Waals surface area contributed by atoms with E-state index in [-0.39, 0.29) is 5.91 Å². The van der Waals surface area contributed by atoms with Crippen LogP contribution in [0.25, 0.3) is 0 Å². The van der Waals surface area contributed by atoms with Crippen LogP contribution >= 0.6 is 0 Å². The predicted molar refractivity (Wildman–Crippen MR) is 101 cm³/mol. The van der Waals surface area contributed by atoms with Gasteiger partial charge in [-0.05, 0) is 55.7 Å². The fourth-order valence-electron chi connectivity index (χ4n) is 4.08. The van der Waals surface area contributed by atoms with Gasteiger partial charge in [-0.1, -0.05) is 26.0 Å². The van der Waals surface area contributed by atoms with Crippen molar-refractivity contribution in [2.45, 2.75) is 71.1 Å². The number of carbonyl (C=O) groups excluding carboxylic acids is 1. The van der Waals surface area contributed by atoms with Gasteiger partial charge >= 0.3 is 0 Å². The Morgan fingerprint density at radius 3 is 2.80 bits per heavy atom. The molecule has 0 unspecified atom stereocenters. The second kappa shape index (κ2) is 8.70. The van der Waals surface area contributed by atoms with E-state index in [9.17, 15) is 4.79 Å². The molecule has 0 spiro atoms. The van der Waals surface area contributed by atoms with Crippen molar-refractivity contribution in [1.29, 1.82) is 0 Å². The zero-order chi connectivity index (χ0) is 17.6. The Morgan fingerprint density at radius 2 is 2.08 bits per heavy atom. The molecule has 0 bridgehead atoms. The molecular formula is C21H32N2O2. The minimum atomic E-state index is 0.280. The van der Waals surface area contributed by atoms with Gasteiger partial charge in [0.2, 0.25) is 5.91 Å². The lowest BCUT2D eigenvalue weighted by molar-refractivity contribution is -0.132. The van der Waals surface area contributed by atoms with Crippen molar-refractivity contribution in [3.05, 3.63) is 29.8 Å². The van der Waals surface area contributed by atoms with Crippen LogP contribution in [0, 0.1) is 5.92 Å². The Bertz CT molecular complexity index is 569. The van der Waals surface area contributed by atoms with Crippen LogP contribution in [0.5, 0.6) is 5.75 Å². The van der Waals surface area contributed by atoms with Gasteiger partial charge in [0.25, 0.3) is 0 Å². The van der Waals surface area contributed by atoms with Crippen LogP contribution < -0.4 is 10.1 Å². The highest BCUT2D eigenvalue weighted by Crippen LogP contribution is 2.25. The lowest BCUT2D eigenvalue weighted by Crippen LogP contribution is -2.49. The molecule has 1 aromatic rings. The second-order valence-electron chi connectivity index (χ2n) is 7.62. The third-order valence-electron chi connectivity index (χ3n) is 5.63. The van der Waals surface area contributed by atoms with Crippen LogP contribution in [-0.2, 0) is 11.3 Å². The fraction of sp³-hybridized carbons (Fsp3) is 0.667. The Morgan fingerprint density at radius 1 is 1.28 bits per heavy atom. The maximum atomic E-state index is 11.9. The van der Waals surface area contributed by atoms with Crippen LogP contribution in [0.15, 0.2) is 24.3 Å². The first-order valence-corrected chi connectivity index (χ1v) is 9.92. The van der Waals surface area contributed by atoms with Crippen LogP contribution in [0.4, 0.5) is 0 Å². The summed E-state index contributed by atoms with van der Waals surface area (Å²) in [7, 11) is 0. The largest absolute Gasteiger partial charge is 0.490 e. The molecule has 138 valence electrons. The molecular weight excluding hydrogens is 312 g/mol. The van der Waals surface area contributed by atoms with E-state index >= 15 is 0 Å². The van der Waals surface area contributed by atoms with Gasteiger partial charge < -0.3 is 15.0 Å². The van der Waals surface area contributed by atoms with Gasteiger partial charge in [-0.15, -0.1) is 0 Å². The first-order chi connectivity index (χ1) is 12.2. The van der Waals surface area contributed by atoms with Gasteiger partial charge in [-0.25, -0.2) is 0 Å². The summed E-state index contributed by atoms with van der Waals surface area (Å²) in [6.07, 6.45) is 7.02. The molecule has 2 aliphatic rings. The molecule has 1 aromatic carbocycles. The highest BCUT2D eigenvalue weighted by molar-refractivity contribution is 5.75. The van der Waals surface area contributed by atoms with Crippen molar-refractivity contribution >= 4 is 5.91 Å². The standard InChI is InChI=1S/C21H32N2O2/c1-3-21(24)23-12-11-20(16(2)15-23)22-14-17-7-6-10-19(13-17)25-18-8-4-5-9-18/h6-7,10,13,16,18,20,22H,3-5,8-9,11-12,14-15H2,1-2H3/t16-,20+/m0/s1. The molecule has 0 radical (unpaired) electrons. The van der Waals surface area contributed by atoms with E-state index in [0.717, 1.165) is 31.8 Å². The quantitative estimate of drug-likeness (QED) is 0.855. The third kappa shape index (κ3) is 4.97. The molecule has 3 rings (SSSR count). The van der Waals surface area contributed by atoms with Crippen LogP contribution in [-0.4, -0.2) is 36.0 Å². The first kappa shape index (κ1) is 18.2. The maximum Gasteiger partial charge on any atom is 0.222 e. The molecule has 2 atom stereocenters. The van der Waals surface area contributed by atoms with Crippen molar-refractivity contribution < 1.29 is 9.53 Å². The molecule has 1 N–H and O–H groups in total. The molecule has 1 aliphatic carbocycles. The van der Waals surface area contributed by atoms with Crippen molar-refractivity contribution in [3.8, 4) is 5.75 Å². The number of likely N-dealkylation sites (tertiary alicyclic amines) is 1. The van der Waals surface area contributed by atoms with E-state index in [2.05, 4.69) is 36.5 Å². The first-order valence-electron chi connectivity index (χ1n) is 9.92. The molecule has 1 amide bonds. The molecule has 1 saturated carbocycles. The van der Waals surface area contributed by atoms with Crippen LogP contribution in [0.2, 0.25) is 0 Å². The SMILES string of the molecule is CCC(=O)N1CC[C@@H](NCc2cccc(OC3CCCC3)c2)[C@@H](C)C1. The van der Waals surface area contributed by atoms with Crippen molar-refractivity contribution in [2.24, 2.45) is 5.92 Å². The summed E-state index contributed by atoms with van der Waals surface area (Å²) in [5.74, 6) is 1.77. The summed E-state index contributed by atoms with van der Waals surface area (Å²) in [6, 6.07) is 8.97. The minimum absolute atomic E-state index is 0.280. The average molecular weight is 344 g/mol. The fourth-order valence-corrected chi connectivity index (χ4v) is 4.08. The molecule has 25 heavy (non-hydrogen) atoms. The van der Waals surface area contributed by atoms with E-state index in [0.29, 0.717) is 24.5 Å². The zero-order valence-corrected chi connectivity index (χ0v) is 15.7. The van der Waals surface area contributed by atoms with Crippen LogP contribution in [0.1, 0.15) is 57.9 Å². The molecule has 0 aromatic heterocycles. The van der Waals surface area contributed by atoms with Gasteiger partial charge in [-0.2, -0.15) is 0 Å². The summed E-state index contributed by atoms with van der Waals surface area (Å²) in [4.78, 5) is 13.9. The summed E-state index contributed by atoms with van der Waals surface area (Å²) < 4.78 is 6.11. The number of piperidine rings is 1. The number of benzene rings is 1. The van der Waals surface area contributed by atoms with E-state index in [4.69, 9.17) is 4.74 Å². The van der Waals surface area contributed by atoms with Crippen molar-refractivity contribution in [2.75, 3.05) is 13.1 Å². The third-order valence-corrected chi connectivity index (χ3v) is 5.63. The van der Waals surface area contributed by atoms with Gasteiger partial charge in [0.15, 0.2) is 0 Å². The summed E-state index contributed by atoms with van der Waals surface area (Å²) in [5.41, 5.74) is 1.27. The van der Waals surface area contributed by atoms with E-state index in [1.54, 1.807) is 0 Å². The molecule has 1 saturated heterocycles. The summed E-state index contributed by atoms with van der Waals surface area (Å²) in [5, 5.41) is 3.69. The number of amides is 1. The van der Waals surface area contributed by atoms with E-state index in [1.165, 1.54) is 31.2 Å². The zero-order valence-electron chi connectivity index (χ0n) is 15.7. The molecule has 1 heterocycles. The lowest BCUT2D eigenvalue weighted by Gasteiger charge is -2.37. The molecule has 2 fully saturated rings. The smallest absolute Gasteiger partial charge is 0.222 e. The van der Waals surface area contributed by atoms with Crippen molar-refractivity contribution in [3.63, 3.8) is 0 Å². The summed E-state index contributed by atoms with van der Waals surface area (Å²) >= 11 is 0. The topological polar surface area (TPSA) is 41.6 Å². The maximum absolute atomic E-state index is 11.9. The van der Waals surface area contributed by atoms with Gasteiger partial charge in [0.1, 0.15) is 5.75 Å². The molecule has 4 nitrogen and oxygen atoms in total. The van der Waals surface area contributed by atoms with Crippen LogP contribution in [0.3, 0.4) is 0 Å². The molecule has 1 aliphatic heterocycles. The van der Waals surface area contributed by atoms with E-state index < -0.39 is 0 Å². The normalized spacial score (nSPS) is 24.5. The monoisotopic (exact) mass is 344 g/mol. The lowest BCUT2D eigenvalue weighted by atomic mass is 9.93. The van der Waals surface area contributed by atoms with Gasteiger partial charge in [0.05, 0.1) is 6.10 Å². The van der Waals surface area contributed by atoms with Gasteiger partial charge in [-0.3, -0.25) is 4.79 Å². The highest BCUT2D eigenvalue weighted by Gasteiger charge is 2.27. The van der Waals surface area contributed by atoms with E-state index in [1.807, 2.05) is 11.8 Å². The number of hydrogen-bond donors (Lipinski definition) is 1. The summed E-state index contributed by atoms with van der Waals surface area (Å²) in [6.45, 7) is 6.79. The van der Waals surface area contributed by atoms with Gasteiger partial charge in [0, 0.05) is 32.1 Å². The number of carbonyl (C=O) groups is 1. The number of nitrogens with one attached hydrogen (secondary N) is 1. The van der Waals surface area contributed by atoms with Crippen molar-refractivity contribution in [1.82, 2.24) is 10.2 Å². The minimum Gasteiger partial charge on any atom is -0.490 e. The Hall–Kier alpha value is -1.55. The Labute approximate surface area is 151 Å². The number of hydrogen-bond acceptors (Lipinski definition) is 3. The number of ether oxygens (including phenoxy) is 1. The Balaban J connectivity index is 1.49. The highest BCUT2D eigenvalue weighted by atomic mass is 16.5. The Kier molecular flexibility index (Phi) is 6.35. The second-order valence-corrected chi connectivity index (χ2v) is 7.62. The number of nitrogens with zero attached hydrogens (tertiary/aromatic N) is 1. The average Bonchev–Trinajstić information content (AvgIpc) is 3.13.